The number of hydrogen-bond donors (Lipinski definition) is 0. The molecule has 5 heteroatoms. The molecule has 5 rings (SSSR count). The second-order valence-corrected chi connectivity index (χ2v) is 9.29. The Labute approximate surface area is 199 Å². The lowest BCUT2D eigenvalue weighted by atomic mass is 9.76. The van der Waals surface area contributed by atoms with Gasteiger partial charge in [-0.15, -0.1) is 0 Å². The van der Waals surface area contributed by atoms with Gasteiger partial charge in [0.15, 0.2) is 12.4 Å². The summed E-state index contributed by atoms with van der Waals surface area (Å²) in [6, 6.07) is 24.3. The maximum atomic E-state index is 12.9. The van der Waals surface area contributed by atoms with Crippen LogP contribution in [0.1, 0.15) is 36.5 Å². The maximum absolute atomic E-state index is 12.9. The van der Waals surface area contributed by atoms with Gasteiger partial charge >= 0.3 is 0 Å². The summed E-state index contributed by atoms with van der Waals surface area (Å²) in [4.78, 5) is 39.7. The van der Waals surface area contributed by atoms with Crippen LogP contribution < -0.4 is 9.64 Å². The van der Waals surface area contributed by atoms with Gasteiger partial charge in [0.25, 0.3) is 0 Å². The van der Waals surface area contributed by atoms with E-state index in [0.717, 1.165) is 30.4 Å². The highest BCUT2D eigenvalue weighted by Gasteiger charge is 2.49. The minimum Gasteiger partial charge on any atom is -0.485 e. The van der Waals surface area contributed by atoms with Crippen LogP contribution in [0.25, 0.3) is 11.1 Å². The molecule has 1 aliphatic carbocycles. The summed E-state index contributed by atoms with van der Waals surface area (Å²) in [7, 11) is 0. The van der Waals surface area contributed by atoms with Crippen molar-refractivity contribution >= 4 is 23.3 Å². The predicted octanol–water partition coefficient (Wildman–Crippen LogP) is 5.54. The molecule has 1 saturated heterocycles. The highest BCUT2D eigenvalue weighted by Crippen LogP contribution is 2.42. The Hall–Kier alpha value is -3.73. The molecule has 2 fully saturated rings. The fraction of sp³-hybridized carbons (Fsp3) is 0.276. The number of Topliss-reactive ketones (excluding diaryl/α,β-unsaturated/α-hetero) is 1. The highest BCUT2D eigenvalue weighted by atomic mass is 16.5. The molecule has 2 aliphatic rings. The van der Waals surface area contributed by atoms with E-state index < -0.39 is 0 Å². The molecule has 0 bridgehead atoms. The van der Waals surface area contributed by atoms with E-state index in [0.29, 0.717) is 22.9 Å². The summed E-state index contributed by atoms with van der Waals surface area (Å²) in [5.41, 5.74) is 3.30. The van der Waals surface area contributed by atoms with Crippen molar-refractivity contribution < 1.29 is 19.1 Å². The number of hydrogen-bond acceptors (Lipinski definition) is 4. The Morgan fingerprint density at radius 3 is 2.18 bits per heavy atom. The van der Waals surface area contributed by atoms with Crippen molar-refractivity contribution in [1.82, 2.24) is 0 Å². The number of imide groups is 1. The average molecular weight is 454 g/mol. The first-order valence-corrected chi connectivity index (χ1v) is 11.8. The van der Waals surface area contributed by atoms with Crippen LogP contribution in [0.3, 0.4) is 0 Å². The lowest BCUT2D eigenvalue weighted by Gasteiger charge is -2.25. The predicted molar refractivity (Wildman–Crippen MR) is 131 cm³/mol. The Kier molecular flexibility index (Phi) is 6.01. The zero-order chi connectivity index (χ0) is 23.7. The van der Waals surface area contributed by atoms with E-state index in [1.807, 2.05) is 54.6 Å². The number of benzene rings is 3. The third kappa shape index (κ3) is 4.26. The third-order valence-corrected chi connectivity index (χ3v) is 6.97. The summed E-state index contributed by atoms with van der Waals surface area (Å²) < 4.78 is 5.68. The van der Waals surface area contributed by atoms with Gasteiger partial charge in [-0.2, -0.15) is 0 Å². The van der Waals surface area contributed by atoms with Crippen molar-refractivity contribution in [1.29, 1.82) is 0 Å². The number of amides is 2. The molecule has 3 atom stereocenters. The topological polar surface area (TPSA) is 63.7 Å². The maximum Gasteiger partial charge on any atom is 0.237 e. The van der Waals surface area contributed by atoms with Crippen LogP contribution in [-0.4, -0.2) is 24.2 Å². The molecule has 3 aromatic rings. The van der Waals surface area contributed by atoms with Crippen molar-refractivity contribution in [3.05, 3.63) is 84.4 Å². The molecule has 5 nitrogen and oxygen atoms in total. The zero-order valence-electron chi connectivity index (χ0n) is 19.1. The molecule has 3 aromatic carbocycles. The van der Waals surface area contributed by atoms with E-state index in [4.69, 9.17) is 4.74 Å². The number of ether oxygens (including phenoxy) is 1. The number of fused-ring (bicyclic) bond motifs is 1. The van der Waals surface area contributed by atoms with Crippen molar-refractivity contribution in [2.45, 2.75) is 26.2 Å². The lowest BCUT2D eigenvalue weighted by molar-refractivity contribution is -0.122. The fourth-order valence-corrected chi connectivity index (χ4v) is 5.05. The smallest absolute Gasteiger partial charge is 0.237 e. The van der Waals surface area contributed by atoms with Gasteiger partial charge in [-0.05, 0) is 60.6 Å². The Balaban J connectivity index is 1.21. The van der Waals surface area contributed by atoms with Gasteiger partial charge < -0.3 is 4.74 Å². The van der Waals surface area contributed by atoms with Gasteiger partial charge in [-0.3, -0.25) is 19.3 Å². The van der Waals surface area contributed by atoms with Gasteiger partial charge in [-0.1, -0.05) is 61.5 Å². The van der Waals surface area contributed by atoms with Gasteiger partial charge in [0.05, 0.1) is 17.5 Å². The molecular weight excluding hydrogens is 426 g/mol. The molecule has 1 heterocycles. The first-order chi connectivity index (χ1) is 16.5. The monoisotopic (exact) mass is 453 g/mol. The minimum absolute atomic E-state index is 0.0896. The standard InChI is InChI=1S/C29H27NO4/c1-19-7-16-25-26(17-19)29(33)30(28(25)32)23-12-14-24(15-13-23)34-18-27(31)22-10-8-21(9-11-22)20-5-3-2-4-6-20/h2-6,8-15,19,25-26H,7,16-18H2,1H3/t19-,25+,26+/m0/s1. The normalized spacial score (nSPS) is 21.9. The molecule has 2 amide bonds. The second kappa shape index (κ2) is 9.26. The van der Waals surface area contributed by atoms with E-state index in [9.17, 15) is 14.4 Å². The van der Waals surface area contributed by atoms with E-state index >= 15 is 0 Å². The van der Waals surface area contributed by atoms with Gasteiger partial charge in [0.2, 0.25) is 11.8 Å². The number of rotatable bonds is 6. The molecule has 0 N–H and O–H groups in total. The van der Waals surface area contributed by atoms with Crippen molar-refractivity contribution in [3.8, 4) is 16.9 Å². The van der Waals surface area contributed by atoms with E-state index in [1.165, 1.54) is 4.90 Å². The molecule has 1 aliphatic heterocycles. The van der Waals surface area contributed by atoms with Crippen molar-refractivity contribution in [3.63, 3.8) is 0 Å². The number of anilines is 1. The summed E-state index contributed by atoms with van der Waals surface area (Å²) in [6.07, 6.45) is 2.55. The lowest BCUT2D eigenvalue weighted by Crippen LogP contribution is -2.30. The van der Waals surface area contributed by atoms with Gasteiger partial charge in [0, 0.05) is 5.56 Å². The Bertz CT molecular complexity index is 1200. The first kappa shape index (κ1) is 22.1. The van der Waals surface area contributed by atoms with Gasteiger partial charge in [0.1, 0.15) is 5.75 Å². The Morgan fingerprint density at radius 2 is 1.47 bits per heavy atom. The molecule has 0 spiro atoms. The van der Waals surface area contributed by atoms with E-state index in [1.54, 1.807) is 24.3 Å². The number of nitrogens with zero attached hydrogens (tertiary/aromatic N) is 1. The van der Waals surface area contributed by atoms with Crippen LogP contribution >= 0.6 is 0 Å². The molecule has 1 saturated carbocycles. The van der Waals surface area contributed by atoms with Crippen LogP contribution in [0.5, 0.6) is 5.75 Å². The summed E-state index contributed by atoms with van der Waals surface area (Å²) >= 11 is 0. The molecule has 0 unspecified atom stereocenters. The molecule has 34 heavy (non-hydrogen) atoms. The van der Waals surface area contributed by atoms with Gasteiger partial charge in [-0.25, -0.2) is 0 Å². The van der Waals surface area contributed by atoms with Crippen molar-refractivity contribution in [2.24, 2.45) is 17.8 Å². The summed E-state index contributed by atoms with van der Waals surface area (Å²) in [5, 5.41) is 0. The zero-order valence-corrected chi connectivity index (χ0v) is 19.1. The molecule has 0 aromatic heterocycles. The highest BCUT2D eigenvalue weighted by molar-refractivity contribution is 6.22. The van der Waals surface area contributed by atoms with Crippen LogP contribution in [0.4, 0.5) is 5.69 Å². The van der Waals surface area contributed by atoms with Crippen LogP contribution in [-0.2, 0) is 9.59 Å². The number of carbonyl (C=O) groups is 3. The number of carbonyl (C=O) groups excluding carboxylic acids is 3. The summed E-state index contributed by atoms with van der Waals surface area (Å²) in [6.45, 7) is 2.05. The Morgan fingerprint density at radius 1 is 0.824 bits per heavy atom. The quantitative estimate of drug-likeness (QED) is 0.363. The van der Waals surface area contributed by atoms with E-state index in [-0.39, 0.29) is 36.0 Å². The first-order valence-electron chi connectivity index (χ1n) is 11.8. The number of ketones is 1. The van der Waals surface area contributed by atoms with Crippen LogP contribution in [0.15, 0.2) is 78.9 Å². The van der Waals surface area contributed by atoms with Crippen LogP contribution in [0.2, 0.25) is 0 Å². The minimum atomic E-state index is -0.196. The molecule has 0 radical (unpaired) electrons. The van der Waals surface area contributed by atoms with E-state index in [2.05, 4.69) is 6.92 Å². The SMILES string of the molecule is C[C@H]1CC[C@H]2C(=O)N(c3ccc(OCC(=O)c4ccc(-c5ccccc5)cc4)cc3)C(=O)[C@@H]2C1. The molecule has 172 valence electrons. The fourth-order valence-electron chi connectivity index (χ4n) is 5.05. The summed E-state index contributed by atoms with van der Waals surface area (Å²) in [5.74, 6) is 0.299. The van der Waals surface area contributed by atoms with Crippen molar-refractivity contribution in [2.75, 3.05) is 11.5 Å². The molecular formula is C29H27NO4. The largest absolute Gasteiger partial charge is 0.485 e. The van der Waals surface area contributed by atoms with Crippen LogP contribution in [0, 0.1) is 17.8 Å². The second-order valence-electron chi connectivity index (χ2n) is 9.29. The third-order valence-electron chi connectivity index (χ3n) is 6.97. The average Bonchev–Trinajstić information content (AvgIpc) is 3.12.